The minimum absolute atomic E-state index is 0.00935. The van der Waals surface area contributed by atoms with Crippen molar-refractivity contribution < 1.29 is 9.53 Å². The summed E-state index contributed by atoms with van der Waals surface area (Å²) in [7, 11) is 1.66. The van der Waals surface area contributed by atoms with E-state index >= 15 is 0 Å². The van der Waals surface area contributed by atoms with Gasteiger partial charge in [-0.3, -0.25) is 9.36 Å². The molecule has 0 bridgehead atoms. The topological polar surface area (TPSA) is 84.8 Å². The van der Waals surface area contributed by atoms with Crippen molar-refractivity contribution in [1.82, 2.24) is 25.1 Å². The van der Waals surface area contributed by atoms with Gasteiger partial charge in [-0.25, -0.2) is 0 Å². The van der Waals surface area contributed by atoms with E-state index < -0.39 is 0 Å². The molecule has 2 heterocycles. The van der Waals surface area contributed by atoms with E-state index in [0.29, 0.717) is 24.9 Å². The Morgan fingerprint density at radius 3 is 3.04 bits per heavy atom. The van der Waals surface area contributed by atoms with E-state index in [0.717, 1.165) is 46.7 Å². The van der Waals surface area contributed by atoms with Crippen LogP contribution in [0.2, 0.25) is 0 Å². The highest BCUT2D eigenvalue weighted by Crippen LogP contribution is 2.42. The molecule has 142 valence electrons. The van der Waals surface area contributed by atoms with E-state index in [4.69, 9.17) is 4.74 Å². The average Bonchev–Trinajstić information content (AvgIpc) is 3.30. The highest BCUT2D eigenvalue weighted by atomic mass is 32.2. The third-order valence-corrected chi connectivity index (χ3v) is 5.53. The van der Waals surface area contributed by atoms with Crippen LogP contribution in [0.1, 0.15) is 25.3 Å². The number of nitrogens with zero attached hydrogens (tertiary/aromatic N) is 3. The summed E-state index contributed by atoms with van der Waals surface area (Å²) >= 11 is 1.45. The average molecular weight is 385 g/mol. The number of aromatic amines is 1. The summed E-state index contributed by atoms with van der Waals surface area (Å²) < 4.78 is 7.18. The number of carbonyl (C=O) groups excluding carboxylic acids is 1. The third kappa shape index (κ3) is 4.01. The van der Waals surface area contributed by atoms with Crippen molar-refractivity contribution in [2.24, 2.45) is 0 Å². The van der Waals surface area contributed by atoms with Crippen LogP contribution >= 0.6 is 11.8 Å². The zero-order chi connectivity index (χ0) is 18.6. The van der Waals surface area contributed by atoms with Crippen molar-refractivity contribution in [2.75, 3.05) is 26.0 Å². The van der Waals surface area contributed by atoms with Gasteiger partial charge in [-0.1, -0.05) is 30.0 Å². The zero-order valence-electron chi connectivity index (χ0n) is 15.3. The summed E-state index contributed by atoms with van der Waals surface area (Å²) in [6.45, 7) is 1.28. The van der Waals surface area contributed by atoms with Gasteiger partial charge in [-0.05, 0) is 25.3 Å². The van der Waals surface area contributed by atoms with Crippen LogP contribution in [0.5, 0.6) is 0 Å². The monoisotopic (exact) mass is 385 g/mol. The number of carbonyl (C=O) groups is 1. The fourth-order valence-corrected chi connectivity index (χ4v) is 3.94. The van der Waals surface area contributed by atoms with Gasteiger partial charge in [0.2, 0.25) is 5.91 Å². The number of fused-ring (bicyclic) bond motifs is 1. The first-order valence-corrected chi connectivity index (χ1v) is 10.2. The Labute approximate surface area is 161 Å². The van der Waals surface area contributed by atoms with Crippen LogP contribution in [-0.4, -0.2) is 51.7 Å². The van der Waals surface area contributed by atoms with E-state index in [-0.39, 0.29) is 5.91 Å². The number of hydrogen-bond acceptors (Lipinski definition) is 5. The van der Waals surface area contributed by atoms with Crippen molar-refractivity contribution in [1.29, 1.82) is 0 Å². The predicted molar refractivity (Wildman–Crippen MR) is 106 cm³/mol. The number of thioether (sulfide) groups is 1. The van der Waals surface area contributed by atoms with Crippen LogP contribution < -0.4 is 5.32 Å². The molecule has 7 nitrogen and oxygen atoms in total. The molecule has 3 aromatic rings. The van der Waals surface area contributed by atoms with E-state index in [1.54, 1.807) is 7.11 Å². The van der Waals surface area contributed by atoms with Crippen LogP contribution in [0.3, 0.4) is 0 Å². The summed E-state index contributed by atoms with van der Waals surface area (Å²) in [5, 5.41) is 13.7. The van der Waals surface area contributed by atoms with E-state index in [2.05, 4.69) is 37.2 Å². The molecule has 1 aliphatic carbocycles. The predicted octanol–water partition coefficient (Wildman–Crippen LogP) is 3.01. The summed E-state index contributed by atoms with van der Waals surface area (Å²) in [5.74, 6) is 1.22. The second-order valence-electron chi connectivity index (χ2n) is 6.64. The molecule has 0 radical (unpaired) electrons. The van der Waals surface area contributed by atoms with Crippen LogP contribution in [-0.2, 0) is 9.53 Å². The molecule has 1 aromatic carbocycles. The van der Waals surface area contributed by atoms with Gasteiger partial charge >= 0.3 is 0 Å². The quantitative estimate of drug-likeness (QED) is 0.437. The lowest BCUT2D eigenvalue weighted by Crippen LogP contribution is -2.27. The normalized spacial score (nSPS) is 14.0. The van der Waals surface area contributed by atoms with Gasteiger partial charge in [0.15, 0.2) is 11.0 Å². The Bertz CT molecular complexity index is 931. The smallest absolute Gasteiger partial charge is 0.230 e. The van der Waals surface area contributed by atoms with Gasteiger partial charge in [-0.15, -0.1) is 10.2 Å². The first-order valence-electron chi connectivity index (χ1n) is 9.17. The number of para-hydroxylation sites is 1. The number of ether oxygens (including phenoxy) is 1. The number of hydrogen-bond donors (Lipinski definition) is 2. The number of benzene rings is 1. The van der Waals surface area contributed by atoms with Gasteiger partial charge in [0, 0.05) is 49.0 Å². The Kier molecular flexibility index (Phi) is 5.45. The number of H-pyrrole nitrogens is 1. The molecule has 1 fully saturated rings. The second-order valence-corrected chi connectivity index (χ2v) is 7.58. The van der Waals surface area contributed by atoms with Gasteiger partial charge < -0.3 is 15.0 Å². The lowest BCUT2D eigenvalue weighted by molar-refractivity contribution is -0.118. The molecule has 1 aliphatic rings. The van der Waals surface area contributed by atoms with Crippen molar-refractivity contribution in [3.05, 3.63) is 30.5 Å². The minimum atomic E-state index is 0.00935. The molecular formula is C19H23N5O2S. The van der Waals surface area contributed by atoms with Gasteiger partial charge in [0.1, 0.15) is 0 Å². The summed E-state index contributed by atoms with van der Waals surface area (Å²) in [5.41, 5.74) is 2.14. The molecular weight excluding hydrogens is 362 g/mol. The Morgan fingerprint density at radius 1 is 1.37 bits per heavy atom. The molecule has 0 unspecified atom stereocenters. The number of nitrogens with one attached hydrogen (secondary N) is 2. The van der Waals surface area contributed by atoms with Gasteiger partial charge in [0.05, 0.1) is 5.75 Å². The van der Waals surface area contributed by atoms with Crippen molar-refractivity contribution in [2.45, 2.75) is 30.5 Å². The molecule has 2 N–H and O–H groups in total. The second kappa shape index (κ2) is 8.14. The van der Waals surface area contributed by atoms with Crippen molar-refractivity contribution in [3.8, 4) is 11.4 Å². The molecule has 4 rings (SSSR count). The maximum atomic E-state index is 12.1. The molecule has 0 atom stereocenters. The molecule has 0 spiro atoms. The van der Waals surface area contributed by atoms with Crippen LogP contribution in [0.15, 0.2) is 35.6 Å². The molecule has 0 saturated heterocycles. The van der Waals surface area contributed by atoms with E-state index in [1.807, 2.05) is 18.3 Å². The van der Waals surface area contributed by atoms with Crippen molar-refractivity contribution >= 4 is 28.6 Å². The zero-order valence-corrected chi connectivity index (χ0v) is 16.1. The Hall–Kier alpha value is -2.32. The first-order chi connectivity index (χ1) is 13.3. The largest absolute Gasteiger partial charge is 0.385 e. The number of aromatic nitrogens is 4. The van der Waals surface area contributed by atoms with E-state index in [9.17, 15) is 4.79 Å². The highest BCUT2D eigenvalue weighted by Gasteiger charge is 2.31. The first kappa shape index (κ1) is 18.1. The summed E-state index contributed by atoms with van der Waals surface area (Å²) in [6.07, 6.45) is 5.06. The number of methoxy groups -OCH3 is 1. The maximum absolute atomic E-state index is 12.1. The van der Waals surface area contributed by atoms with Crippen LogP contribution in [0, 0.1) is 0 Å². The SMILES string of the molecule is COCCCNC(=O)CSc1nnc(-c2c[nH]c3ccccc23)n1C1CC1. The maximum Gasteiger partial charge on any atom is 0.230 e. The van der Waals surface area contributed by atoms with Gasteiger partial charge in [0.25, 0.3) is 0 Å². The lowest BCUT2D eigenvalue weighted by Gasteiger charge is -2.08. The Balaban J connectivity index is 1.49. The summed E-state index contributed by atoms with van der Waals surface area (Å²) in [4.78, 5) is 15.4. The molecule has 0 aliphatic heterocycles. The number of rotatable bonds is 9. The van der Waals surface area contributed by atoms with Crippen LogP contribution in [0.4, 0.5) is 0 Å². The Morgan fingerprint density at radius 2 is 2.22 bits per heavy atom. The molecule has 8 heteroatoms. The van der Waals surface area contributed by atoms with Crippen LogP contribution in [0.25, 0.3) is 22.3 Å². The fourth-order valence-electron chi connectivity index (χ4n) is 3.10. The fraction of sp³-hybridized carbons (Fsp3) is 0.421. The number of amides is 1. The molecule has 2 aromatic heterocycles. The van der Waals surface area contributed by atoms with Crippen molar-refractivity contribution in [3.63, 3.8) is 0 Å². The van der Waals surface area contributed by atoms with Gasteiger partial charge in [-0.2, -0.15) is 0 Å². The molecule has 1 amide bonds. The molecule has 27 heavy (non-hydrogen) atoms. The lowest BCUT2D eigenvalue weighted by atomic mass is 10.1. The molecule has 1 saturated carbocycles. The standard InChI is InChI=1S/C19H23N5O2S/c1-26-10-4-9-20-17(25)12-27-19-23-22-18(24(19)13-7-8-13)15-11-21-16-6-3-2-5-14(15)16/h2-3,5-6,11,13,21H,4,7-10,12H2,1H3,(H,20,25). The van der Waals surface area contributed by atoms with E-state index in [1.165, 1.54) is 11.8 Å². The minimum Gasteiger partial charge on any atom is -0.385 e. The summed E-state index contributed by atoms with van der Waals surface area (Å²) in [6, 6.07) is 8.62. The highest BCUT2D eigenvalue weighted by molar-refractivity contribution is 7.99. The third-order valence-electron chi connectivity index (χ3n) is 4.59.